The van der Waals surface area contributed by atoms with Crippen LogP contribution in [0.2, 0.25) is 18.1 Å². The van der Waals surface area contributed by atoms with Gasteiger partial charge in [-0.05, 0) is 31.4 Å². The minimum atomic E-state index is -1.80. The van der Waals surface area contributed by atoms with Crippen LogP contribution in [-0.4, -0.2) is 46.3 Å². The molecule has 0 heterocycles. The molecule has 6 heteroatoms. The van der Waals surface area contributed by atoms with Gasteiger partial charge in [0.15, 0.2) is 0 Å². The Balaban J connectivity index is 0.000000240. The Morgan fingerprint density at radius 3 is 1.62 bits per heavy atom. The summed E-state index contributed by atoms with van der Waals surface area (Å²) in [5.41, 5.74) is 0.723. The van der Waals surface area contributed by atoms with Crippen molar-refractivity contribution < 1.29 is 17.7 Å². The summed E-state index contributed by atoms with van der Waals surface area (Å²) in [4.78, 5) is 0. The molecule has 0 aromatic rings. The van der Waals surface area contributed by atoms with Gasteiger partial charge in [-0.2, -0.15) is 0 Å². The SMILES string of the molecule is CO[SiH](CC1CCCCC1)OC.CO[Si](C)(OC)C1CCCCC1. The maximum Gasteiger partial charge on any atom is 0.337 e. The Hall–Kier alpha value is 0.274. The Morgan fingerprint density at radius 2 is 1.21 bits per heavy atom. The molecule has 2 aliphatic rings. The number of rotatable bonds is 7. The lowest BCUT2D eigenvalue weighted by atomic mass is 9.91. The first-order chi connectivity index (χ1) is 11.6. The van der Waals surface area contributed by atoms with Crippen molar-refractivity contribution in [1.29, 1.82) is 0 Å². The zero-order valence-electron chi connectivity index (χ0n) is 16.6. The predicted octanol–water partition coefficient (Wildman–Crippen LogP) is 4.77. The topological polar surface area (TPSA) is 36.9 Å². The van der Waals surface area contributed by atoms with E-state index in [1.807, 2.05) is 0 Å². The molecule has 2 aliphatic carbocycles. The fourth-order valence-electron chi connectivity index (χ4n) is 4.03. The van der Waals surface area contributed by atoms with E-state index in [2.05, 4.69) is 6.55 Å². The molecule has 0 aromatic carbocycles. The first-order valence-electron chi connectivity index (χ1n) is 9.75. The maximum atomic E-state index is 5.54. The van der Waals surface area contributed by atoms with Gasteiger partial charge in [0.25, 0.3) is 0 Å². The monoisotopic (exact) mass is 376 g/mol. The molecular weight excluding hydrogens is 336 g/mol. The largest absolute Gasteiger partial charge is 0.400 e. The molecule has 2 fully saturated rings. The van der Waals surface area contributed by atoms with Gasteiger partial charge in [-0.1, -0.05) is 51.4 Å². The van der Waals surface area contributed by atoms with Crippen LogP contribution < -0.4 is 0 Å². The van der Waals surface area contributed by atoms with Crippen LogP contribution in [0.5, 0.6) is 0 Å². The summed E-state index contributed by atoms with van der Waals surface area (Å²) in [7, 11) is 4.09. The minimum absolute atomic E-state index is 0.723. The van der Waals surface area contributed by atoms with Crippen molar-refractivity contribution in [3.05, 3.63) is 0 Å². The second-order valence-corrected chi connectivity index (χ2v) is 13.3. The van der Waals surface area contributed by atoms with E-state index < -0.39 is 17.8 Å². The highest BCUT2D eigenvalue weighted by atomic mass is 28.4. The summed E-state index contributed by atoms with van der Waals surface area (Å²) in [6, 6.07) is 1.22. The number of hydrogen-bond donors (Lipinski definition) is 0. The molecule has 144 valence electrons. The van der Waals surface area contributed by atoms with Crippen LogP contribution in [0.25, 0.3) is 0 Å². The van der Waals surface area contributed by atoms with Crippen LogP contribution >= 0.6 is 0 Å². The molecule has 0 aromatic heterocycles. The molecule has 0 radical (unpaired) electrons. The molecule has 0 unspecified atom stereocenters. The van der Waals surface area contributed by atoms with Crippen molar-refractivity contribution in [2.75, 3.05) is 28.4 Å². The van der Waals surface area contributed by atoms with Crippen molar-refractivity contribution in [2.45, 2.75) is 82.3 Å². The highest BCUT2D eigenvalue weighted by Gasteiger charge is 2.39. The van der Waals surface area contributed by atoms with E-state index in [4.69, 9.17) is 17.7 Å². The van der Waals surface area contributed by atoms with Gasteiger partial charge in [0, 0.05) is 34.0 Å². The fraction of sp³-hybridized carbons (Fsp3) is 1.00. The van der Waals surface area contributed by atoms with Crippen LogP contribution in [0.1, 0.15) is 64.2 Å². The quantitative estimate of drug-likeness (QED) is 0.600. The average Bonchev–Trinajstić information content (AvgIpc) is 2.67. The van der Waals surface area contributed by atoms with E-state index >= 15 is 0 Å². The maximum absolute atomic E-state index is 5.54. The summed E-state index contributed by atoms with van der Waals surface area (Å²) >= 11 is 0. The molecule has 24 heavy (non-hydrogen) atoms. The fourth-order valence-corrected chi connectivity index (χ4v) is 7.91. The van der Waals surface area contributed by atoms with E-state index in [9.17, 15) is 0 Å². The van der Waals surface area contributed by atoms with Crippen LogP contribution in [0.4, 0.5) is 0 Å². The van der Waals surface area contributed by atoms with Crippen LogP contribution in [0.15, 0.2) is 0 Å². The third-order valence-corrected chi connectivity index (χ3v) is 11.7. The van der Waals surface area contributed by atoms with Crippen molar-refractivity contribution in [1.82, 2.24) is 0 Å². The Labute approximate surface area is 152 Å². The molecule has 0 spiro atoms. The second kappa shape index (κ2) is 12.6. The van der Waals surface area contributed by atoms with Crippen LogP contribution in [0.3, 0.4) is 0 Å². The van der Waals surface area contributed by atoms with E-state index in [1.54, 1.807) is 28.4 Å². The molecular formula is C18H40O4Si2. The van der Waals surface area contributed by atoms with Crippen molar-refractivity contribution >= 4 is 17.8 Å². The van der Waals surface area contributed by atoms with Gasteiger partial charge in [-0.15, -0.1) is 0 Å². The summed E-state index contributed by atoms with van der Waals surface area (Å²) in [5.74, 6) is 0.898. The average molecular weight is 377 g/mol. The summed E-state index contributed by atoms with van der Waals surface area (Å²) < 4.78 is 21.7. The lowest BCUT2D eigenvalue weighted by molar-refractivity contribution is 0.224. The minimum Gasteiger partial charge on any atom is -0.400 e. The van der Waals surface area contributed by atoms with E-state index in [0.29, 0.717) is 0 Å². The summed E-state index contributed by atoms with van der Waals surface area (Å²) in [6.07, 6.45) is 13.8. The van der Waals surface area contributed by atoms with Crippen molar-refractivity contribution in [2.24, 2.45) is 5.92 Å². The summed E-state index contributed by atoms with van der Waals surface area (Å²) in [5, 5.41) is 0. The lowest BCUT2D eigenvalue weighted by Gasteiger charge is -2.34. The normalized spacial score (nSPS) is 20.8. The Kier molecular flexibility index (Phi) is 11.7. The lowest BCUT2D eigenvalue weighted by Crippen LogP contribution is -2.42. The highest BCUT2D eigenvalue weighted by molar-refractivity contribution is 6.67. The van der Waals surface area contributed by atoms with Gasteiger partial charge in [0.1, 0.15) is 0 Å². The first-order valence-corrected chi connectivity index (χ1v) is 13.9. The molecule has 0 amide bonds. The molecule has 0 aliphatic heterocycles. The van der Waals surface area contributed by atoms with Gasteiger partial charge >= 0.3 is 17.8 Å². The zero-order chi connectivity index (χ0) is 17.8. The first kappa shape index (κ1) is 22.3. The molecule has 0 N–H and O–H groups in total. The standard InChI is InChI=1S/2C9H20O2Si/c1-10-12(3,11-2)9-7-5-4-6-8-9;1-10-12(11-2)8-9-6-4-3-5-7-9/h9H,4-8H2,1-3H3;9,12H,3-8H2,1-2H3. The Morgan fingerprint density at radius 1 is 0.750 bits per heavy atom. The molecule has 0 saturated heterocycles. The highest BCUT2D eigenvalue weighted by Crippen LogP contribution is 2.37. The second-order valence-electron chi connectivity index (χ2n) is 7.40. The van der Waals surface area contributed by atoms with Crippen molar-refractivity contribution in [3.8, 4) is 0 Å². The van der Waals surface area contributed by atoms with Crippen LogP contribution in [0, 0.1) is 5.92 Å². The molecule has 2 saturated carbocycles. The zero-order valence-corrected chi connectivity index (χ0v) is 18.8. The van der Waals surface area contributed by atoms with Gasteiger partial charge in [-0.25, -0.2) is 0 Å². The van der Waals surface area contributed by atoms with Crippen LogP contribution in [-0.2, 0) is 17.7 Å². The summed E-state index contributed by atoms with van der Waals surface area (Å²) in [6.45, 7) is 2.18. The third-order valence-electron chi connectivity index (χ3n) is 5.93. The van der Waals surface area contributed by atoms with E-state index in [0.717, 1.165) is 11.5 Å². The van der Waals surface area contributed by atoms with E-state index in [-0.39, 0.29) is 0 Å². The molecule has 0 bridgehead atoms. The number of hydrogen-bond acceptors (Lipinski definition) is 4. The third kappa shape index (κ3) is 7.66. The van der Waals surface area contributed by atoms with Gasteiger partial charge in [-0.3, -0.25) is 0 Å². The van der Waals surface area contributed by atoms with Gasteiger partial charge < -0.3 is 17.7 Å². The van der Waals surface area contributed by atoms with E-state index in [1.165, 1.54) is 70.3 Å². The van der Waals surface area contributed by atoms with Gasteiger partial charge in [0.2, 0.25) is 0 Å². The van der Waals surface area contributed by atoms with Gasteiger partial charge in [0.05, 0.1) is 0 Å². The molecule has 4 nitrogen and oxygen atoms in total. The molecule has 0 atom stereocenters. The predicted molar refractivity (Wildman–Crippen MR) is 105 cm³/mol. The molecule has 2 rings (SSSR count). The Bertz CT molecular complexity index is 297. The smallest absolute Gasteiger partial charge is 0.337 e. The van der Waals surface area contributed by atoms with Crippen molar-refractivity contribution in [3.63, 3.8) is 0 Å².